The Balaban J connectivity index is 1.31. The van der Waals surface area contributed by atoms with Crippen molar-refractivity contribution in [2.75, 3.05) is 19.6 Å². The fourth-order valence-electron chi connectivity index (χ4n) is 4.82. The summed E-state index contributed by atoms with van der Waals surface area (Å²) in [5, 5.41) is 4.10. The third kappa shape index (κ3) is 3.72. The Kier molecular flexibility index (Phi) is 5.24. The predicted octanol–water partition coefficient (Wildman–Crippen LogP) is 2.75. The van der Waals surface area contributed by atoms with E-state index in [-0.39, 0.29) is 11.8 Å². The highest BCUT2D eigenvalue weighted by molar-refractivity contribution is 5.97. The molecule has 2 unspecified atom stereocenters. The summed E-state index contributed by atoms with van der Waals surface area (Å²) in [4.78, 5) is 30.0. The molecule has 5 rings (SSSR count). The van der Waals surface area contributed by atoms with Gasteiger partial charge in [-0.2, -0.15) is 0 Å². The summed E-state index contributed by atoms with van der Waals surface area (Å²) in [6.07, 6.45) is 1.35. The molecule has 2 aliphatic rings. The van der Waals surface area contributed by atoms with Crippen molar-refractivity contribution in [1.82, 2.24) is 15.1 Å². The number of hydrogen-bond donors (Lipinski definition) is 1. The lowest BCUT2D eigenvalue weighted by Gasteiger charge is -2.45. The van der Waals surface area contributed by atoms with Crippen LogP contribution in [-0.4, -0.2) is 53.3 Å². The van der Waals surface area contributed by atoms with Gasteiger partial charge in [0.25, 0.3) is 0 Å². The van der Waals surface area contributed by atoms with Gasteiger partial charge in [0.2, 0.25) is 11.8 Å². The molecule has 0 spiro atoms. The molecule has 0 bridgehead atoms. The molecule has 2 atom stereocenters. The van der Waals surface area contributed by atoms with E-state index in [9.17, 15) is 9.59 Å². The van der Waals surface area contributed by atoms with E-state index in [1.54, 1.807) is 4.90 Å². The van der Waals surface area contributed by atoms with Crippen LogP contribution in [0.3, 0.4) is 0 Å². The number of hydrogen-bond acceptors (Lipinski definition) is 4. The molecule has 0 saturated carbocycles. The second-order valence-corrected chi connectivity index (χ2v) is 8.39. The van der Waals surface area contributed by atoms with E-state index < -0.39 is 12.1 Å². The summed E-state index contributed by atoms with van der Waals surface area (Å²) in [6, 6.07) is 17.0. The number of para-hydroxylation sites is 1. The average Bonchev–Trinajstić information content (AvgIpc) is 3.15. The van der Waals surface area contributed by atoms with Gasteiger partial charge in [0.15, 0.2) is 0 Å². The lowest BCUT2D eigenvalue weighted by molar-refractivity contribution is -0.153. The summed E-state index contributed by atoms with van der Waals surface area (Å²) < 4.78 is 6.03. The van der Waals surface area contributed by atoms with E-state index >= 15 is 0 Å². The number of furan rings is 1. The molecule has 2 aromatic carbocycles. The SMILES string of the molecule is CCc1oc2ccccc2c1CN1CCN2C(=O)C(Cc3ccccc3)NC(=O)C2C1. The van der Waals surface area contributed by atoms with Crippen LogP contribution in [0.15, 0.2) is 59.0 Å². The standard InChI is InChI=1S/C25H27N3O3/c1-2-22-19(18-10-6-7-11-23(18)31-22)15-27-12-13-28-21(16-27)24(29)26-20(25(28)30)14-17-8-4-3-5-9-17/h3-11,20-21H,2,12-16H2,1H3,(H,26,29). The van der Waals surface area contributed by atoms with Crippen LogP contribution >= 0.6 is 0 Å². The highest BCUT2D eigenvalue weighted by Gasteiger charge is 2.43. The summed E-state index contributed by atoms with van der Waals surface area (Å²) >= 11 is 0. The topological polar surface area (TPSA) is 65.8 Å². The van der Waals surface area contributed by atoms with Crippen LogP contribution in [0, 0.1) is 0 Å². The van der Waals surface area contributed by atoms with Crippen LogP contribution in [0.5, 0.6) is 0 Å². The molecule has 3 aromatic rings. The van der Waals surface area contributed by atoms with E-state index in [0.717, 1.165) is 41.8 Å². The molecule has 0 aliphatic carbocycles. The molecule has 1 N–H and O–H groups in total. The second kappa shape index (κ2) is 8.19. The minimum atomic E-state index is -0.484. The van der Waals surface area contributed by atoms with E-state index in [1.807, 2.05) is 48.5 Å². The highest BCUT2D eigenvalue weighted by atomic mass is 16.3. The maximum absolute atomic E-state index is 13.1. The van der Waals surface area contributed by atoms with Gasteiger partial charge in [0.1, 0.15) is 23.4 Å². The van der Waals surface area contributed by atoms with Gasteiger partial charge in [-0.3, -0.25) is 14.5 Å². The minimum absolute atomic E-state index is 0.0242. The molecule has 6 heteroatoms. The van der Waals surface area contributed by atoms with E-state index in [4.69, 9.17) is 4.42 Å². The first kappa shape index (κ1) is 19.8. The predicted molar refractivity (Wildman–Crippen MR) is 118 cm³/mol. The van der Waals surface area contributed by atoms with Crippen molar-refractivity contribution < 1.29 is 14.0 Å². The molecule has 1 aromatic heterocycles. The zero-order valence-corrected chi connectivity index (χ0v) is 17.7. The number of fused-ring (bicyclic) bond motifs is 2. The van der Waals surface area contributed by atoms with Crippen molar-refractivity contribution in [2.45, 2.75) is 38.4 Å². The maximum Gasteiger partial charge on any atom is 0.246 e. The zero-order valence-electron chi connectivity index (χ0n) is 17.7. The fraction of sp³-hybridized carbons (Fsp3) is 0.360. The third-order valence-electron chi connectivity index (χ3n) is 6.43. The van der Waals surface area contributed by atoms with Crippen LogP contribution < -0.4 is 5.32 Å². The normalized spacial score (nSPS) is 21.9. The van der Waals surface area contributed by atoms with Gasteiger partial charge in [-0.1, -0.05) is 55.5 Å². The van der Waals surface area contributed by atoms with Gasteiger partial charge < -0.3 is 14.6 Å². The van der Waals surface area contributed by atoms with Crippen LogP contribution in [-0.2, 0) is 29.0 Å². The Bertz CT molecular complexity index is 1110. The molecular formula is C25H27N3O3. The van der Waals surface area contributed by atoms with Crippen molar-refractivity contribution in [3.63, 3.8) is 0 Å². The Labute approximate surface area is 181 Å². The van der Waals surface area contributed by atoms with Gasteiger partial charge in [0, 0.05) is 50.0 Å². The molecule has 31 heavy (non-hydrogen) atoms. The lowest BCUT2D eigenvalue weighted by atomic mass is 9.98. The summed E-state index contributed by atoms with van der Waals surface area (Å²) in [5.74, 6) is 0.963. The van der Waals surface area contributed by atoms with Gasteiger partial charge >= 0.3 is 0 Å². The molecule has 160 valence electrons. The lowest BCUT2D eigenvalue weighted by Crippen LogP contribution is -2.69. The van der Waals surface area contributed by atoms with Crippen molar-refractivity contribution in [2.24, 2.45) is 0 Å². The number of rotatable bonds is 5. The molecule has 6 nitrogen and oxygen atoms in total. The maximum atomic E-state index is 13.1. The van der Waals surface area contributed by atoms with Crippen LogP contribution in [0.2, 0.25) is 0 Å². The highest BCUT2D eigenvalue weighted by Crippen LogP contribution is 2.29. The smallest absolute Gasteiger partial charge is 0.246 e. The largest absolute Gasteiger partial charge is 0.461 e. The monoisotopic (exact) mass is 417 g/mol. The van der Waals surface area contributed by atoms with Gasteiger partial charge in [-0.05, 0) is 11.6 Å². The number of benzene rings is 2. The summed E-state index contributed by atoms with van der Waals surface area (Å²) in [6.45, 7) is 4.67. The number of carbonyl (C=O) groups is 2. The molecule has 2 aliphatic heterocycles. The molecule has 2 amide bonds. The number of amides is 2. The van der Waals surface area contributed by atoms with Crippen LogP contribution in [0.25, 0.3) is 11.0 Å². The zero-order chi connectivity index (χ0) is 21.4. The van der Waals surface area contributed by atoms with Gasteiger partial charge in [-0.15, -0.1) is 0 Å². The Hall–Kier alpha value is -3.12. The van der Waals surface area contributed by atoms with Crippen molar-refractivity contribution >= 4 is 22.8 Å². The quantitative estimate of drug-likeness (QED) is 0.693. The van der Waals surface area contributed by atoms with Crippen molar-refractivity contribution in [1.29, 1.82) is 0 Å². The molecule has 2 fully saturated rings. The second-order valence-electron chi connectivity index (χ2n) is 8.39. The van der Waals surface area contributed by atoms with Crippen LogP contribution in [0.1, 0.15) is 23.8 Å². The number of piperazine rings is 2. The molecular weight excluding hydrogens is 390 g/mol. The van der Waals surface area contributed by atoms with E-state index in [2.05, 4.69) is 23.2 Å². The number of nitrogens with zero attached hydrogens (tertiary/aromatic N) is 2. The Morgan fingerprint density at radius 2 is 1.81 bits per heavy atom. The number of aryl methyl sites for hydroxylation is 1. The van der Waals surface area contributed by atoms with Crippen LogP contribution in [0.4, 0.5) is 0 Å². The Morgan fingerprint density at radius 1 is 1.03 bits per heavy atom. The van der Waals surface area contributed by atoms with Crippen molar-refractivity contribution in [3.05, 3.63) is 71.5 Å². The van der Waals surface area contributed by atoms with Gasteiger partial charge in [0.05, 0.1) is 0 Å². The number of nitrogens with one attached hydrogen (secondary N) is 1. The first-order chi connectivity index (χ1) is 15.1. The summed E-state index contributed by atoms with van der Waals surface area (Å²) in [7, 11) is 0. The van der Waals surface area contributed by atoms with E-state index in [1.165, 1.54) is 5.56 Å². The first-order valence-electron chi connectivity index (χ1n) is 11.0. The average molecular weight is 418 g/mol. The van der Waals surface area contributed by atoms with Crippen molar-refractivity contribution in [3.8, 4) is 0 Å². The van der Waals surface area contributed by atoms with E-state index in [0.29, 0.717) is 19.5 Å². The minimum Gasteiger partial charge on any atom is -0.461 e. The summed E-state index contributed by atoms with van der Waals surface area (Å²) in [5.41, 5.74) is 3.15. The Morgan fingerprint density at radius 3 is 2.61 bits per heavy atom. The molecule has 2 saturated heterocycles. The first-order valence-corrected chi connectivity index (χ1v) is 11.0. The molecule has 3 heterocycles. The molecule has 0 radical (unpaired) electrons. The number of carbonyl (C=O) groups excluding carboxylic acids is 2. The van der Waals surface area contributed by atoms with Gasteiger partial charge in [-0.25, -0.2) is 0 Å². The third-order valence-corrected chi connectivity index (χ3v) is 6.43. The fourth-order valence-corrected chi connectivity index (χ4v) is 4.82.